The third-order valence-electron chi connectivity index (χ3n) is 3.77. The zero-order valence-electron chi connectivity index (χ0n) is 10.4. The van der Waals surface area contributed by atoms with Gasteiger partial charge in [0.15, 0.2) is 9.84 Å². The fraction of sp³-hybridized carbons (Fsp3) is 0.727. The first-order chi connectivity index (χ1) is 8.44. The number of imidazole rings is 1. The SMILES string of the molecule is CCn1cncc1C(O)C1(CN)CCS(=O)(=O)C1. The summed E-state index contributed by atoms with van der Waals surface area (Å²) in [6.07, 6.45) is 2.73. The summed E-state index contributed by atoms with van der Waals surface area (Å²) in [5, 5.41) is 10.5. The van der Waals surface area contributed by atoms with E-state index in [2.05, 4.69) is 4.98 Å². The third-order valence-corrected chi connectivity index (χ3v) is 5.61. The van der Waals surface area contributed by atoms with Gasteiger partial charge in [-0.2, -0.15) is 0 Å². The van der Waals surface area contributed by atoms with E-state index < -0.39 is 21.4 Å². The fourth-order valence-electron chi connectivity index (χ4n) is 2.57. The molecular formula is C11H19N3O3S. The lowest BCUT2D eigenvalue weighted by Crippen LogP contribution is -2.38. The monoisotopic (exact) mass is 273 g/mol. The summed E-state index contributed by atoms with van der Waals surface area (Å²) in [6, 6.07) is 0. The lowest BCUT2D eigenvalue weighted by Gasteiger charge is -2.31. The number of aryl methyl sites for hydroxylation is 1. The predicted molar refractivity (Wildman–Crippen MR) is 67.6 cm³/mol. The summed E-state index contributed by atoms with van der Waals surface area (Å²) in [4.78, 5) is 4.00. The van der Waals surface area contributed by atoms with E-state index in [9.17, 15) is 13.5 Å². The van der Waals surface area contributed by atoms with Gasteiger partial charge in [-0.15, -0.1) is 0 Å². The molecule has 2 unspecified atom stereocenters. The van der Waals surface area contributed by atoms with Gasteiger partial charge in [0.1, 0.15) is 6.10 Å². The van der Waals surface area contributed by atoms with Gasteiger partial charge in [-0.05, 0) is 13.3 Å². The second kappa shape index (κ2) is 4.64. The molecule has 0 aromatic carbocycles. The second-order valence-electron chi connectivity index (χ2n) is 4.92. The van der Waals surface area contributed by atoms with E-state index in [1.165, 1.54) is 0 Å². The number of hydrogen-bond acceptors (Lipinski definition) is 5. The topological polar surface area (TPSA) is 98.2 Å². The zero-order valence-corrected chi connectivity index (χ0v) is 11.2. The van der Waals surface area contributed by atoms with Gasteiger partial charge in [-0.3, -0.25) is 0 Å². The Hall–Kier alpha value is -0.920. The van der Waals surface area contributed by atoms with Gasteiger partial charge < -0.3 is 15.4 Å². The summed E-state index contributed by atoms with van der Waals surface area (Å²) in [7, 11) is -3.09. The minimum atomic E-state index is -3.09. The highest BCUT2D eigenvalue weighted by Gasteiger charge is 2.47. The fourth-order valence-corrected chi connectivity index (χ4v) is 4.72. The highest BCUT2D eigenvalue weighted by atomic mass is 32.2. The Morgan fingerprint density at radius 3 is 2.89 bits per heavy atom. The molecule has 0 amide bonds. The van der Waals surface area contributed by atoms with Crippen LogP contribution in [-0.4, -0.2) is 41.1 Å². The molecule has 1 aliphatic rings. The lowest BCUT2D eigenvalue weighted by atomic mass is 9.80. The summed E-state index contributed by atoms with van der Waals surface area (Å²) in [5.41, 5.74) is 5.60. The van der Waals surface area contributed by atoms with Gasteiger partial charge in [-0.25, -0.2) is 13.4 Å². The number of hydrogen-bond donors (Lipinski definition) is 2. The molecular weight excluding hydrogens is 254 g/mol. The summed E-state index contributed by atoms with van der Waals surface area (Å²) in [5.74, 6) is 0.0497. The van der Waals surface area contributed by atoms with Gasteiger partial charge in [0.2, 0.25) is 0 Å². The lowest BCUT2D eigenvalue weighted by molar-refractivity contribution is 0.0408. The van der Waals surface area contributed by atoms with Crippen LogP contribution < -0.4 is 5.73 Å². The smallest absolute Gasteiger partial charge is 0.151 e. The molecule has 1 saturated heterocycles. The van der Waals surface area contributed by atoms with Crippen molar-refractivity contribution in [2.75, 3.05) is 18.1 Å². The van der Waals surface area contributed by atoms with Crippen molar-refractivity contribution in [3.63, 3.8) is 0 Å². The summed E-state index contributed by atoms with van der Waals surface area (Å²) in [6.45, 7) is 2.78. The second-order valence-corrected chi connectivity index (χ2v) is 7.10. The zero-order chi connectivity index (χ0) is 13.4. The molecule has 2 atom stereocenters. The molecule has 0 saturated carbocycles. The normalized spacial score (nSPS) is 28.4. The standard InChI is InChI=1S/C11H19N3O3S/c1-2-14-8-13-5-9(14)10(15)11(6-12)3-4-18(16,17)7-11/h5,8,10,15H,2-4,6-7,12H2,1H3. The van der Waals surface area contributed by atoms with E-state index in [4.69, 9.17) is 5.73 Å². The molecule has 102 valence electrons. The van der Waals surface area contributed by atoms with E-state index in [0.717, 1.165) is 0 Å². The third kappa shape index (κ3) is 2.17. The maximum absolute atomic E-state index is 11.6. The van der Waals surface area contributed by atoms with Crippen LogP contribution in [0.2, 0.25) is 0 Å². The Morgan fingerprint density at radius 2 is 2.39 bits per heavy atom. The van der Waals surface area contributed by atoms with Crippen LogP contribution in [0.15, 0.2) is 12.5 Å². The first kappa shape index (κ1) is 13.5. The van der Waals surface area contributed by atoms with E-state index in [-0.39, 0.29) is 18.1 Å². The molecule has 2 rings (SSSR count). The Morgan fingerprint density at radius 1 is 1.67 bits per heavy atom. The largest absolute Gasteiger partial charge is 0.386 e. The van der Waals surface area contributed by atoms with Crippen LogP contribution in [0.4, 0.5) is 0 Å². The van der Waals surface area contributed by atoms with Crippen molar-refractivity contribution >= 4 is 9.84 Å². The van der Waals surface area contributed by atoms with Crippen molar-refractivity contribution in [1.82, 2.24) is 9.55 Å². The van der Waals surface area contributed by atoms with Crippen LogP contribution in [0.3, 0.4) is 0 Å². The summed E-state index contributed by atoms with van der Waals surface area (Å²) >= 11 is 0. The highest BCUT2D eigenvalue weighted by Crippen LogP contribution is 2.42. The van der Waals surface area contributed by atoms with Crippen molar-refractivity contribution < 1.29 is 13.5 Å². The van der Waals surface area contributed by atoms with E-state index in [0.29, 0.717) is 18.7 Å². The average Bonchev–Trinajstić information content (AvgIpc) is 2.92. The molecule has 0 spiro atoms. The number of aliphatic hydroxyl groups is 1. The maximum atomic E-state index is 11.6. The van der Waals surface area contributed by atoms with E-state index in [1.807, 2.05) is 11.5 Å². The minimum absolute atomic E-state index is 0.0490. The minimum Gasteiger partial charge on any atom is -0.386 e. The first-order valence-corrected chi connectivity index (χ1v) is 7.85. The molecule has 0 bridgehead atoms. The van der Waals surface area contributed by atoms with E-state index in [1.54, 1.807) is 12.5 Å². The number of aliphatic hydroxyl groups excluding tert-OH is 1. The molecule has 1 aromatic rings. The Balaban J connectivity index is 2.35. The van der Waals surface area contributed by atoms with Gasteiger partial charge in [0.25, 0.3) is 0 Å². The quantitative estimate of drug-likeness (QED) is 0.785. The number of aromatic nitrogens is 2. The molecule has 18 heavy (non-hydrogen) atoms. The Kier molecular flexibility index (Phi) is 3.48. The molecule has 1 aromatic heterocycles. The van der Waals surface area contributed by atoms with Gasteiger partial charge in [0, 0.05) is 18.5 Å². The van der Waals surface area contributed by atoms with E-state index >= 15 is 0 Å². The Bertz CT molecular complexity index is 525. The van der Waals surface area contributed by atoms with Crippen molar-refractivity contribution in [3.05, 3.63) is 18.2 Å². The van der Waals surface area contributed by atoms with Crippen LogP contribution in [0.25, 0.3) is 0 Å². The summed E-state index contributed by atoms with van der Waals surface area (Å²) < 4.78 is 25.1. The molecule has 7 heteroatoms. The van der Waals surface area contributed by atoms with Crippen molar-refractivity contribution in [2.24, 2.45) is 11.1 Å². The van der Waals surface area contributed by atoms with Crippen LogP contribution >= 0.6 is 0 Å². The number of sulfone groups is 1. The molecule has 0 radical (unpaired) electrons. The number of nitrogens with zero attached hydrogens (tertiary/aromatic N) is 2. The van der Waals surface area contributed by atoms with Gasteiger partial charge >= 0.3 is 0 Å². The maximum Gasteiger partial charge on any atom is 0.151 e. The van der Waals surface area contributed by atoms with Crippen molar-refractivity contribution in [2.45, 2.75) is 26.0 Å². The van der Waals surface area contributed by atoms with Crippen LogP contribution in [0.1, 0.15) is 25.1 Å². The van der Waals surface area contributed by atoms with Crippen LogP contribution in [-0.2, 0) is 16.4 Å². The van der Waals surface area contributed by atoms with Crippen molar-refractivity contribution in [3.8, 4) is 0 Å². The highest BCUT2D eigenvalue weighted by molar-refractivity contribution is 7.91. The van der Waals surface area contributed by atoms with Gasteiger partial charge in [0.05, 0.1) is 29.7 Å². The molecule has 1 aliphatic heterocycles. The molecule has 6 nitrogen and oxygen atoms in total. The predicted octanol–water partition coefficient (Wildman–Crippen LogP) is -0.300. The number of rotatable bonds is 4. The number of nitrogens with two attached hydrogens (primary N) is 1. The average molecular weight is 273 g/mol. The van der Waals surface area contributed by atoms with Crippen molar-refractivity contribution in [1.29, 1.82) is 0 Å². The molecule has 3 N–H and O–H groups in total. The Labute approximate surface area is 107 Å². The van der Waals surface area contributed by atoms with Crippen LogP contribution in [0.5, 0.6) is 0 Å². The molecule has 0 aliphatic carbocycles. The molecule has 2 heterocycles. The first-order valence-electron chi connectivity index (χ1n) is 6.03. The van der Waals surface area contributed by atoms with Crippen LogP contribution in [0, 0.1) is 5.41 Å². The van der Waals surface area contributed by atoms with Gasteiger partial charge in [-0.1, -0.05) is 0 Å². The molecule has 1 fully saturated rings.